The minimum Gasteiger partial charge on any atom is -0.458 e. The zero-order chi connectivity index (χ0) is 24.6. The van der Waals surface area contributed by atoms with Gasteiger partial charge in [0, 0.05) is 12.1 Å². The highest BCUT2D eigenvalue weighted by atomic mass is 32.1. The topological polar surface area (TPSA) is 96.6 Å². The van der Waals surface area contributed by atoms with Gasteiger partial charge in [0.25, 0.3) is 12.0 Å². The summed E-state index contributed by atoms with van der Waals surface area (Å²) in [7, 11) is 0. The molecule has 0 atom stereocenters. The van der Waals surface area contributed by atoms with Gasteiger partial charge in [-0.15, -0.1) is 0 Å². The minimum absolute atomic E-state index is 0.234. The van der Waals surface area contributed by atoms with Gasteiger partial charge in [-0.05, 0) is 53.5 Å². The third-order valence-electron chi connectivity index (χ3n) is 5.25. The summed E-state index contributed by atoms with van der Waals surface area (Å²) in [4.78, 5) is 51.5. The third-order valence-corrected chi connectivity index (χ3v) is 6.45. The maximum atomic E-state index is 13.6. The lowest BCUT2D eigenvalue weighted by Gasteiger charge is -2.30. The molecule has 8 nitrogen and oxygen atoms in total. The number of thiophene rings is 1. The van der Waals surface area contributed by atoms with E-state index < -0.39 is 28.4 Å². The molecule has 0 aliphatic heterocycles. The van der Waals surface area contributed by atoms with E-state index in [-0.39, 0.29) is 23.5 Å². The average molecular weight is 473 g/mol. The Bertz CT molecular complexity index is 1310. The molecule has 0 amide bonds. The molecule has 1 aromatic carbocycles. The summed E-state index contributed by atoms with van der Waals surface area (Å²) in [6.07, 6.45) is 0.529. The second kappa shape index (κ2) is 8.97. The van der Waals surface area contributed by atoms with Crippen LogP contribution < -0.4 is 16.0 Å². The van der Waals surface area contributed by atoms with Crippen LogP contribution >= 0.6 is 11.3 Å². The van der Waals surface area contributed by atoms with Gasteiger partial charge in [-0.3, -0.25) is 14.2 Å². The summed E-state index contributed by atoms with van der Waals surface area (Å²) in [6, 6.07) is 9.62. The van der Waals surface area contributed by atoms with Crippen molar-refractivity contribution in [2.24, 2.45) is 0 Å². The Balaban J connectivity index is 2.26. The number of aromatic nitrogens is 2. The Morgan fingerprint density at radius 2 is 1.73 bits per heavy atom. The molecule has 176 valence electrons. The first-order valence-electron chi connectivity index (χ1n) is 10.6. The van der Waals surface area contributed by atoms with Crippen molar-refractivity contribution in [3.05, 3.63) is 62.3 Å². The molecule has 3 rings (SSSR count). The van der Waals surface area contributed by atoms with Crippen LogP contribution in [0.2, 0.25) is 0 Å². The number of esters is 1. The lowest BCUT2D eigenvalue weighted by Crippen LogP contribution is -2.54. The van der Waals surface area contributed by atoms with E-state index in [2.05, 4.69) is 0 Å². The molecule has 0 radical (unpaired) electrons. The number of hydrogen-bond donors (Lipinski definition) is 0. The maximum absolute atomic E-state index is 13.6. The van der Waals surface area contributed by atoms with Crippen molar-refractivity contribution in [1.82, 2.24) is 9.13 Å². The van der Waals surface area contributed by atoms with Crippen LogP contribution in [0.15, 0.2) is 39.9 Å². The van der Waals surface area contributed by atoms with Crippen molar-refractivity contribution < 1.29 is 19.1 Å². The molecule has 2 heterocycles. The molecule has 0 spiro atoms. The second-order valence-electron chi connectivity index (χ2n) is 9.28. The number of ether oxygens (including phenoxy) is 2. The lowest BCUT2D eigenvalue weighted by molar-refractivity contribution is -0.164. The standard InChI is InChI=1S/C24H28N2O6S/c1-15-17-18(28)26(24(5,6)21(29)32-23(2,3)4)22(30)25(19(17)33-20(15)31-14-27)13-12-16-10-8-7-9-11-16/h7-11,14H,12-13H2,1-6H3. The van der Waals surface area contributed by atoms with Crippen LogP contribution in [0.4, 0.5) is 0 Å². The molecule has 0 unspecified atom stereocenters. The molecule has 0 fully saturated rings. The van der Waals surface area contributed by atoms with E-state index >= 15 is 0 Å². The Kier molecular flexibility index (Phi) is 6.65. The number of nitrogens with zero attached hydrogens (tertiary/aromatic N) is 2. The van der Waals surface area contributed by atoms with Crippen LogP contribution in [0.5, 0.6) is 5.06 Å². The van der Waals surface area contributed by atoms with E-state index in [1.165, 1.54) is 18.4 Å². The number of carbonyl (C=O) groups excluding carboxylic acids is 2. The number of hydrogen-bond acceptors (Lipinski definition) is 7. The summed E-state index contributed by atoms with van der Waals surface area (Å²) in [5.74, 6) is -0.694. The monoisotopic (exact) mass is 472 g/mol. The molecule has 33 heavy (non-hydrogen) atoms. The minimum atomic E-state index is -1.57. The number of carbonyl (C=O) groups is 2. The van der Waals surface area contributed by atoms with Gasteiger partial charge in [0.2, 0.25) is 0 Å². The van der Waals surface area contributed by atoms with Crippen LogP contribution in [0.25, 0.3) is 10.2 Å². The van der Waals surface area contributed by atoms with Gasteiger partial charge < -0.3 is 9.47 Å². The fourth-order valence-corrected chi connectivity index (χ4v) is 4.69. The normalized spacial score (nSPS) is 12.1. The Labute approximate surface area is 195 Å². The summed E-state index contributed by atoms with van der Waals surface area (Å²) < 4.78 is 13.0. The lowest BCUT2D eigenvalue weighted by atomic mass is 10.0. The Morgan fingerprint density at radius 1 is 1.09 bits per heavy atom. The predicted molar refractivity (Wildman–Crippen MR) is 127 cm³/mol. The van der Waals surface area contributed by atoms with Crippen LogP contribution in [-0.2, 0) is 32.8 Å². The average Bonchev–Trinajstić information content (AvgIpc) is 3.04. The zero-order valence-corrected chi connectivity index (χ0v) is 20.4. The highest BCUT2D eigenvalue weighted by Crippen LogP contribution is 2.35. The van der Waals surface area contributed by atoms with E-state index in [4.69, 9.17) is 9.47 Å². The number of rotatable bonds is 7. The van der Waals surface area contributed by atoms with Gasteiger partial charge in [-0.1, -0.05) is 41.7 Å². The van der Waals surface area contributed by atoms with Gasteiger partial charge in [0.05, 0.1) is 5.39 Å². The summed E-state index contributed by atoms with van der Waals surface area (Å²) in [5.41, 5.74) is -2.16. The fraction of sp³-hybridized carbons (Fsp3) is 0.417. The molecular formula is C24H28N2O6S. The van der Waals surface area contributed by atoms with Crippen molar-refractivity contribution in [1.29, 1.82) is 0 Å². The quantitative estimate of drug-likeness (QED) is 0.386. The molecule has 0 aliphatic carbocycles. The summed E-state index contributed by atoms with van der Waals surface area (Å²) >= 11 is 1.06. The van der Waals surface area contributed by atoms with E-state index in [9.17, 15) is 19.2 Å². The van der Waals surface area contributed by atoms with Crippen molar-refractivity contribution in [3.63, 3.8) is 0 Å². The van der Waals surface area contributed by atoms with Crippen molar-refractivity contribution in [2.75, 3.05) is 0 Å². The summed E-state index contributed by atoms with van der Waals surface area (Å²) in [5, 5.41) is 0.471. The van der Waals surface area contributed by atoms with E-state index in [1.807, 2.05) is 30.3 Å². The molecule has 0 N–H and O–H groups in total. The first-order valence-corrected chi connectivity index (χ1v) is 11.4. The Hall–Kier alpha value is -3.20. The van der Waals surface area contributed by atoms with Crippen LogP contribution in [-0.4, -0.2) is 27.2 Å². The van der Waals surface area contributed by atoms with Crippen LogP contribution in [0, 0.1) is 6.92 Å². The highest BCUT2D eigenvalue weighted by molar-refractivity contribution is 7.20. The maximum Gasteiger partial charge on any atom is 0.333 e. The first-order chi connectivity index (χ1) is 15.4. The molecule has 0 saturated heterocycles. The van der Waals surface area contributed by atoms with Crippen molar-refractivity contribution in [3.8, 4) is 5.06 Å². The molecule has 9 heteroatoms. The van der Waals surface area contributed by atoms with Crippen LogP contribution in [0.1, 0.15) is 45.7 Å². The largest absolute Gasteiger partial charge is 0.458 e. The number of fused-ring (bicyclic) bond motifs is 1. The van der Waals surface area contributed by atoms with E-state index in [0.29, 0.717) is 16.8 Å². The molecule has 0 aliphatic rings. The molecule has 2 aromatic heterocycles. The second-order valence-corrected chi connectivity index (χ2v) is 10.2. The third kappa shape index (κ3) is 4.78. The molecule has 3 aromatic rings. The van der Waals surface area contributed by atoms with E-state index in [1.54, 1.807) is 27.7 Å². The number of aryl methyl sites for hydroxylation is 3. The molecular weight excluding hydrogens is 444 g/mol. The SMILES string of the molecule is Cc1c(OC=O)sc2c1c(=O)n(C(C)(C)C(=O)OC(C)(C)C)c(=O)n2CCc1ccccc1. The predicted octanol–water partition coefficient (Wildman–Crippen LogP) is 3.39. The van der Waals surface area contributed by atoms with Gasteiger partial charge >= 0.3 is 11.7 Å². The highest BCUT2D eigenvalue weighted by Gasteiger charge is 2.38. The van der Waals surface area contributed by atoms with Gasteiger partial charge in [0.15, 0.2) is 5.06 Å². The van der Waals surface area contributed by atoms with Crippen molar-refractivity contribution >= 4 is 34.0 Å². The van der Waals surface area contributed by atoms with Gasteiger partial charge in [-0.2, -0.15) is 0 Å². The van der Waals surface area contributed by atoms with Gasteiger partial charge in [0.1, 0.15) is 16.0 Å². The molecule has 0 saturated carbocycles. The summed E-state index contributed by atoms with van der Waals surface area (Å²) in [6.45, 7) is 10.3. The fourth-order valence-electron chi connectivity index (χ4n) is 3.55. The smallest absolute Gasteiger partial charge is 0.333 e. The van der Waals surface area contributed by atoms with Crippen molar-refractivity contribution in [2.45, 2.75) is 65.6 Å². The Morgan fingerprint density at radius 3 is 2.30 bits per heavy atom. The van der Waals surface area contributed by atoms with Gasteiger partial charge in [-0.25, -0.2) is 14.2 Å². The van der Waals surface area contributed by atoms with Crippen LogP contribution in [0.3, 0.4) is 0 Å². The number of benzene rings is 1. The zero-order valence-electron chi connectivity index (χ0n) is 19.6. The molecule has 0 bridgehead atoms. The first kappa shape index (κ1) is 24.4. The van der Waals surface area contributed by atoms with E-state index in [0.717, 1.165) is 21.5 Å².